The predicted molar refractivity (Wildman–Crippen MR) is 46.1 cm³/mol. The Balaban J connectivity index is 2.37. The van der Waals surface area contributed by atoms with E-state index in [1.165, 1.54) is 5.57 Å². The average Bonchev–Trinajstić information content (AvgIpc) is 2.07. The van der Waals surface area contributed by atoms with Crippen molar-refractivity contribution in [1.29, 1.82) is 0 Å². The first-order valence-electron chi connectivity index (χ1n) is 4.05. The number of aliphatic hydroxyl groups is 1. The minimum atomic E-state index is 0.279. The van der Waals surface area contributed by atoms with Crippen molar-refractivity contribution in [1.82, 2.24) is 0 Å². The Morgan fingerprint density at radius 2 is 2.45 bits per heavy atom. The van der Waals surface area contributed by atoms with Crippen LogP contribution in [0.2, 0.25) is 0 Å². The summed E-state index contributed by atoms with van der Waals surface area (Å²) in [4.78, 5) is 0. The Hall–Kier alpha value is -0.600. The van der Waals surface area contributed by atoms with Crippen molar-refractivity contribution in [2.75, 3.05) is 13.2 Å². The lowest BCUT2D eigenvalue weighted by Gasteiger charge is -2.13. The molecule has 2 nitrogen and oxygen atoms in total. The third-order valence-corrected chi connectivity index (χ3v) is 2.00. The van der Waals surface area contributed by atoms with Gasteiger partial charge in [0.05, 0.1) is 0 Å². The number of hydrogen-bond acceptors (Lipinski definition) is 2. The fraction of sp³-hybridized carbons (Fsp3) is 0.556. The van der Waals surface area contributed by atoms with Gasteiger partial charge in [-0.2, -0.15) is 0 Å². The molecule has 0 fully saturated rings. The molecule has 1 unspecified atom stereocenters. The maximum atomic E-state index is 8.66. The number of hydrogen-bond donors (Lipinski definition) is 2. The standard InChI is InChI=1S/C9H15NO/c10-7-9-3-1-8(2-4-9)5-6-11/h1,3-4,8,11H,2,5-7,10H2. The molecule has 1 aliphatic rings. The molecule has 1 aliphatic carbocycles. The maximum absolute atomic E-state index is 8.66. The fourth-order valence-electron chi connectivity index (χ4n) is 1.24. The summed E-state index contributed by atoms with van der Waals surface area (Å²) in [5.74, 6) is 0.523. The summed E-state index contributed by atoms with van der Waals surface area (Å²) in [6.07, 6.45) is 8.25. The van der Waals surface area contributed by atoms with Crippen molar-refractivity contribution < 1.29 is 5.11 Å². The van der Waals surface area contributed by atoms with E-state index in [1.54, 1.807) is 0 Å². The molecule has 0 aromatic carbocycles. The topological polar surface area (TPSA) is 46.2 Å². The van der Waals surface area contributed by atoms with Crippen LogP contribution in [0.1, 0.15) is 12.8 Å². The van der Waals surface area contributed by atoms with Gasteiger partial charge in [-0.25, -0.2) is 0 Å². The van der Waals surface area contributed by atoms with Gasteiger partial charge in [-0.15, -0.1) is 0 Å². The second-order valence-corrected chi connectivity index (χ2v) is 2.85. The van der Waals surface area contributed by atoms with Crippen LogP contribution in [0.15, 0.2) is 23.8 Å². The molecule has 0 spiro atoms. The Morgan fingerprint density at radius 1 is 1.64 bits per heavy atom. The van der Waals surface area contributed by atoms with Gasteiger partial charge in [-0.05, 0) is 24.3 Å². The normalized spacial score (nSPS) is 23.5. The number of nitrogens with two attached hydrogens (primary N) is 1. The molecule has 0 amide bonds. The molecular weight excluding hydrogens is 138 g/mol. The molecule has 0 saturated carbocycles. The van der Waals surface area contributed by atoms with Crippen LogP contribution in [-0.2, 0) is 0 Å². The van der Waals surface area contributed by atoms with E-state index in [2.05, 4.69) is 18.2 Å². The van der Waals surface area contributed by atoms with E-state index in [9.17, 15) is 0 Å². The molecule has 0 radical (unpaired) electrons. The third kappa shape index (κ3) is 2.48. The molecule has 1 atom stereocenters. The zero-order chi connectivity index (χ0) is 8.10. The van der Waals surface area contributed by atoms with Gasteiger partial charge in [0.15, 0.2) is 0 Å². The monoisotopic (exact) mass is 153 g/mol. The van der Waals surface area contributed by atoms with E-state index in [1.807, 2.05) is 0 Å². The highest BCUT2D eigenvalue weighted by Gasteiger charge is 2.06. The summed E-state index contributed by atoms with van der Waals surface area (Å²) in [5.41, 5.74) is 6.66. The Bertz CT molecular complexity index is 172. The van der Waals surface area contributed by atoms with Gasteiger partial charge in [0.1, 0.15) is 0 Å². The van der Waals surface area contributed by atoms with Crippen LogP contribution >= 0.6 is 0 Å². The fourth-order valence-corrected chi connectivity index (χ4v) is 1.24. The first-order valence-corrected chi connectivity index (χ1v) is 4.05. The van der Waals surface area contributed by atoms with E-state index in [4.69, 9.17) is 10.8 Å². The molecule has 11 heavy (non-hydrogen) atoms. The summed E-state index contributed by atoms with van der Waals surface area (Å²) in [5, 5.41) is 8.66. The van der Waals surface area contributed by atoms with E-state index >= 15 is 0 Å². The molecule has 3 N–H and O–H groups in total. The second kappa shape index (κ2) is 4.31. The van der Waals surface area contributed by atoms with Crippen molar-refractivity contribution in [3.8, 4) is 0 Å². The first-order chi connectivity index (χ1) is 5.36. The highest BCUT2D eigenvalue weighted by atomic mass is 16.3. The highest BCUT2D eigenvalue weighted by Crippen LogP contribution is 2.18. The van der Waals surface area contributed by atoms with E-state index in [0.717, 1.165) is 12.8 Å². The van der Waals surface area contributed by atoms with Crippen molar-refractivity contribution in [3.63, 3.8) is 0 Å². The van der Waals surface area contributed by atoms with Gasteiger partial charge in [0.2, 0.25) is 0 Å². The number of rotatable bonds is 3. The third-order valence-electron chi connectivity index (χ3n) is 2.00. The van der Waals surface area contributed by atoms with E-state index in [-0.39, 0.29) is 6.61 Å². The van der Waals surface area contributed by atoms with Gasteiger partial charge in [0.25, 0.3) is 0 Å². The van der Waals surface area contributed by atoms with Crippen LogP contribution in [-0.4, -0.2) is 18.3 Å². The van der Waals surface area contributed by atoms with Crippen molar-refractivity contribution >= 4 is 0 Å². The summed E-state index contributed by atoms with van der Waals surface area (Å²) < 4.78 is 0. The van der Waals surface area contributed by atoms with Gasteiger partial charge >= 0.3 is 0 Å². The molecule has 0 aliphatic heterocycles. The zero-order valence-corrected chi connectivity index (χ0v) is 6.66. The number of aliphatic hydroxyl groups excluding tert-OH is 1. The molecule has 0 heterocycles. The van der Waals surface area contributed by atoms with Gasteiger partial charge in [0, 0.05) is 13.2 Å². The van der Waals surface area contributed by atoms with Gasteiger partial charge in [-0.1, -0.05) is 18.2 Å². The predicted octanol–water partition coefficient (Wildman–Crippen LogP) is 0.830. The number of allylic oxidation sites excluding steroid dienone is 2. The van der Waals surface area contributed by atoms with Gasteiger partial charge < -0.3 is 10.8 Å². The molecule has 62 valence electrons. The molecule has 0 bridgehead atoms. The first kappa shape index (κ1) is 8.50. The Labute approximate surface area is 67.4 Å². The lowest BCUT2D eigenvalue weighted by molar-refractivity contribution is 0.270. The molecule has 2 heteroatoms. The molecule has 0 aromatic rings. The average molecular weight is 153 g/mol. The quantitative estimate of drug-likeness (QED) is 0.631. The smallest absolute Gasteiger partial charge is 0.0436 e. The van der Waals surface area contributed by atoms with Crippen molar-refractivity contribution in [2.24, 2.45) is 11.7 Å². The van der Waals surface area contributed by atoms with Crippen molar-refractivity contribution in [2.45, 2.75) is 12.8 Å². The van der Waals surface area contributed by atoms with Crippen molar-refractivity contribution in [3.05, 3.63) is 23.8 Å². The van der Waals surface area contributed by atoms with Crippen LogP contribution in [0.3, 0.4) is 0 Å². The highest BCUT2D eigenvalue weighted by molar-refractivity contribution is 5.24. The summed E-state index contributed by atoms with van der Waals surface area (Å²) >= 11 is 0. The largest absolute Gasteiger partial charge is 0.396 e. The molecule has 0 aromatic heterocycles. The van der Waals surface area contributed by atoms with Gasteiger partial charge in [-0.3, -0.25) is 0 Å². The molecular formula is C9H15NO. The molecule has 1 rings (SSSR count). The SMILES string of the molecule is NCC1=CCC(CCO)C=C1. The minimum absolute atomic E-state index is 0.279. The molecule has 0 saturated heterocycles. The maximum Gasteiger partial charge on any atom is 0.0436 e. The van der Waals surface area contributed by atoms with Crippen LogP contribution in [0, 0.1) is 5.92 Å². The summed E-state index contributed by atoms with van der Waals surface area (Å²) in [7, 11) is 0. The second-order valence-electron chi connectivity index (χ2n) is 2.85. The summed E-state index contributed by atoms with van der Waals surface area (Å²) in [6, 6.07) is 0. The lowest BCUT2D eigenvalue weighted by Crippen LogP contribution is -2.07. The Morgan fingerprint density at radius 3 is 2.91 bits per heavy atom. The summed E-state index contributed by atoms with van der Waals surface area (Å²) in [6.45, 7) is 0.906. The minimum Gasteiger partial charge on any atom is -0.396 e. The van der Waals surface area contributed by atoms with E-state index < -0.39 is 0 Å². The lowest BCUT2D eigenvalue weighted by atomic mass is 9.94. The van der Waals surface area contributed by atoms with E-state index in [0.29, 0.717) is 12.5 Å². The zero-order valence-electron chi connectivity index (χ0n) is 6.66. The van der Waals surface area contributed by atoms with Crippen LogP contribution in [0.5, 0.6) is 0 Å². The van der Waals surface area contributed by atoms with Crippen LogP contribution in [0.25, 0.3) is 0 Å². The van der Waals surface area contributed by atoms with Crippen LogP contribution < -0.4 is 5.73 Å². The Kier molecular flexibility index (Phi) is 3.33. The van der Waals surface area contributed by atoms with Crippen LogP contribution in [0.4, 0.5) is 0 Å².